The molecular formula is C4H10AsS. The molecule has 0 aliphatic carbocycles. The van der Waals surface area contributed by atoms with E-state index in [9.17, 15) is 0 Å². The average Bonchev–Trinajstić information content (AvgIpc) is 1.65. The fraction of sp³-hybridized carbons (Fsp3) is 1.00. The summed E-state index contributed by atoms with van der Waals surface area (Å²) < 4.78 is 0. The van der Waals surface area contributed by atoms with Gasteiger partial charge in [0.25, 0.3) is 0 Å². The van der Waals surface area contributed by atoms with Crippen molar-refractivity contribution in [3.05, 3.63) is 0 Å². The summed E-state index contributed by atoms with van der Waals surface area (Å²) in [5.74, 6) is 0. The van der Waals surface area contributed by atoms with Gasteiger partial charge in [-0.25, -0.2) is 0 Å². The van der Waals surface area contributed by atoms with Gasteiger partial charge in [0.2, 0.25) is 0 Å². The van der Waals surface area contributed by atoms with E-state index in [4.69, 9.17) is 10.9 Å². The first-order chi connectivity index (χ1) is 2.81. The Bertz CT molecular complexity index is 26.7. The summed E-state index contributed by atoms with van der Waals surface area (Å²) in [5, 5.41) is 2.58. The Balaban J connectivity index is 2.75. The molecule has 0 aliphatic heterocycles. The first-order valence-electron chi connectivity index (χ1n) is 2.23. The molecule has 1 radical (unpaired) electrons. The molecule has 37 valence electrons. The van der Waals surface area contributed by atoms with Crippen molar-refractivity contribution in [1.29, 1.82) is 0 Å². The summed E-state index contributed by atoms with van der Waals surface area (Å²) in [6.07, 6.45) is 0. The van der Waals surface area contributed by atoms with Crippen molar-refractivity contribution in [2.45, 2.75) is 24.3 Å². The van der Waals surface area contributed by atoms with Gasteiger partial charge in [-0.3, -0.25) is 0 Å². The molecule has 0 aliphatic rings. The summed E-state index contributed by atoms with van der Waals surface area (Å²) >= 11 is -0.632. The van der Waals surface area contributed by atoms with E-state index < -0.39 is 13.5 Å². The standard InChI is InChI=1S/C4H10AsS/c1-3-5(6)4-2/h3-4H2,1-2H3. The van der Waals surface area contributed by atoms with Crippen molar-refractivity contribution >= 4 is 24.4 Å². The number of rotatable bonds is 2. The Morgan fingerprint density at radius 3 is 1.67 bits per heavy atom. The van der Waals surface area contributed by atoms with E-state index in [-0.39, 0.29) is 0 Å². The normalized spacial score (nSPS) is 10.0. The topological polar surface area (TPSA) is 0 Å². The maximum absolute atomic E-state index is 5.09. The van der Waals surface area contributed by atoms with Gasteiger partial charge in [-0.2, -0.15) is 0 Å². The van der Waals surface area contributed by atoms with Gasteiger partial charge in [0.05, 0.1) is 0 Å². The monoisotopic (exact) mass is 165 g/mol. The van der Waals surface area contributed by atoms with Crippen LogP contribution >= 0.6 is 10.9 Å². The first-order valence-corrected chi connectivity index (χ1v) is 7.55. The molecule has 0 aromatic heterocycles. The van der Waals surface area contributed by atoms with E-state index in [1.54, 1.807) is 0 Å². The molecule has 0 nitrogen and oxygen atoms in total. The molecule has 0 saturated heterocycles. The minimum atomic E-state index is -0.632. The molecule has 0 spiro atoms. The van der Waals surface area contributed by atoms with E-state index in [0.717, 1.165) is 0 Å². The maximum atomic E-state index is 5.09. The van der Waals surface area contributed by atoms with Gasteiger partial charge < -0.3 is 0 Å². The van der Waals surface area contributed by atoms with Crippen LogP contribution < -0.4 is 0 Å². The molecule has 0 amide bonds. The van der Waals surface area contributed by atoms with Crippen LogP contribution in [-0.2, 0) is 0 Å². The van der Waals surface area contributed by atoms with E-state index in [0.29, 0.717) is 0 Å². The van der Waals surface area contributed by atoms with Gasteiger partial charge >= 0.3 is 48.7 Å². The zero-order chi connectivity index (χ0) is 4.99. The molecule has 6 heavy (non-hydrogen) atoms. The Kier molecular flexibility index (Phi) is 4.70. The predicted molar refractivity (Wildman–Crippen MR) is 34.3 cm³/mol. The van der Waals surface area contributed by atoms with Crippen molar-refractivity contribution < 1.29 is 0 Å². The molecule has 0 heterocycles. The van der Waals surface area contributed by atoms with Crippen LogP contribution in [0.15, 0.2) is 0 Å². The van der Waals surface area contributed by atoms with E-state index in [2.05, 4.69) is 13.8 Å². The van der Waals surface area contributed by atoms with Crippen LogP contribution in [0, 0.1) is 0 Å². The van der Waals surface area contributed by atoms with Gasteiger partial charge in [-0.05, 0) is 0 Å². The molecule has 2 heteroatoms. The van der Waals surface area contributed by atoms with Gasteiger partial charge in [-0.15, -0.1) is 0 Å². The van der Waals surface area contributed by atoms with Crippen LogP contribution in [0.3, 0.4) is 0 Å². The van der Waals surface area contributed by atoms with Crippen LogP contribution in [-0.4, -0.2) is 13.5 Å². The summed E-state index contributed by atoms with van der Waals surface area (Å²) in [7, 11) is 5.09. The summed E-state index contributed by atoms with van der Waals surface area (Å²) in [4.78, 5) is 0. The van der Waals surface area contributed by atoms with Crippen molar-refractivity contribution in [1.82, 2.24) is 0 Å². The second-order valence-corrected chi connectivity index (χ2v) is 8.47. The molecule has 0 N–H and O–H groups in total. The molecule has 0 unspecified atom stereocenters. The summed E-state index contributed by atoms with van der Waals surface area (Å²) in [5.41, 5.74) is 0. The Hall–Kier alpha value is 0.908. The van der Waals surface area contributed by atoms with Crippen molar-refractivity contribution in [2.24, 2.45) is 0 Å². The van der Waals surface area contributed by atoms with E-state index in [1.807, 2.05) is 0 Å². The van der Waals surface area contributed by atoms with Crippen LogP contribution in [0.1, 0.15) is 13.8 Å². The quantitative estimate of drug-likeness (QED) is 0.550. The van der Waals surface area contributed by atoms with Gasteiger partial charge in [0.15, 0.2) is 0 Å². The summed E-state index contributed by atoms with van der Waals surface area (Å²) in [6.45, 7) is 4.38. The minimum absolute atomic E-state index is 0.632. The van der Waals surface area contributed by atoms with Gasteiger partial charge in [0.1, 0.15) is 0 Å². The fourth-order valence-corrected chi connectivity index (χ4v) is 1.16. The molecule has 0 fully saturated rings. The van der Waals surface area contributed by atoms with E-state index >= 15 is 0 Å². The Labute approximate surface area is 49.0 Å². The van der Waals surface area contributed by atoms with Gasteiger partial charge in [0, 0.05) is 0 Å². The van der Waals surface area contributed by atoms with E-state index in [1.165, 1.54) is 10.4 Å². The SMILES string of the molecule is CC[As]([S])CC. The van der Waals surface area contributed by atoms with Crippen molar-refractivity contribution in [3.8, 4) is 0 Å². The zero-order valence-electron chi connectivity index (χ0n) is 4.27. The Morgan fingerprint density at radius 1 is 1.33 bits per heavy atom. The zero-order valence-corrected chi connectivity index (χ0v) is 6.96. The third-order valence-corrected chi connectivity index (χ3v) is 6.35. The second-order valence-electron chi connectivity index (χ2n) is 1.11. The molecule has 0 aromatic rings. The van der Waals surface area contributed by atoms with Crippen molar-refractivity contribution in [3.63, 3.8) is 0 Å². The van der Waals surface area contributed by atoms with Crippen LogP contribution in [0.25, 0.3) is 0 Å². The third-order valence-electron chi connectivity index (χ3n) is 0.705. The van der Waals surface area contributed by atoms with Crippen LogP contribution in [0.4, 0.5) is 0 Å². The summed E-state index contributed by atoms with van der Waals surface area (Å²) in [6, 6.07) is 0. The van der Waals surface area contributed by atoms with Crippen molar-refractivity contribution in [2.75, 3.05) is 0 Å². The van der Waals surface area contributed by atoms with Gasteiger partial charge in [-0.1, -0.05) is 0 Å². The molecule has 0 atom stereocenters. The molecule has 0 rings (SSSR count). The molecule has 0 aromatic carbocycles. The third kappa shape index (κ3) is 3.11. The number of hydrogen-bond donors (Lipinski definition) is 0. The average molecular weight is 165 g/mol. The molecule has 0 bridgehead atoms. The fourth-order valence-electron chi connectivity index (χ4n) is 0.224. The first kappa shape index (κ1) is 6.91. The second kappa shape index (κ2) is 4.08. The number of hydrogen-bond acceptors (Lipinski definition) is 0. The molecular weight excluding hydrogens is 155 g/mol. The van der Waals surface area contributed by atoms with Crippen LogP contribution in [0.5, 0.6) is 0 Å². The van der Waals surface area contributed by atoms with Crippen LogP contribution in [0.2, 0.25) is 10.4 Å². The molecule has 0 saturated carbocycles. The Morgan fingerprint density at radius 2 is 1.67 bits per heavy atom. The predicted octanol–water partition coefficient (Wildman–Crippen LogP) is 2.22.